The van der Waals surface area contributed by atoms with Crippen LogP contribution in [0.15, 0.2) is 36.4 Å². The smallest absolute Gasteiger partial charge is 0.333 e. The molecule has 4 aliphatic rings. The number of rotatable bonds is 7. The van der Waals surface area contributed by atoms with Crippen molar-refractivity contribution in [2.24, 2.45) is 17.8 Å². The standard InChI is InChI=1S/C23H31NO2/c1-2-3-9-24-21(20-7-5-4-6-8-20)13-22(25)26-23-14-17-10-18(15-23)12-19(11-17)16-23/h4-8,13,17-19,24H,2-3,9-12,14-16H2,1H3/b21-13-. The summed E-state index contributed by atoms with van der Waals surface area (Å²) in [5.74, 6) is 2.19. The van der Waals surface area contributed by atoms with Crippen molar-refractivity contribution in [1.82, 2.24) is 5.32 Å². The van der Waals surface area contributed by atoms with Crippen LogP contribution >= 0.6 is 0 Å². The lowest BCUT2D eigenvalue weighted by atomic mass is 9.54. The third-order valence-electron chi connectivity index (χ3n) is 6.49. The molecule has 0 saturated heterocycles. The van der Waals surface area contributed by atoms with E-state index in [0.29, 0.717) is 0 Å². The molecule has 4 bridgehead atoms. The molecule has 0 unspecified atom stereocenters. The number of carbonyl (C=O) groups excluding carboxylic acids is 1. The fourth-order valence-corrected chi connectivity index (χ4v) is 5.77. The fourth-order valence-electron chi connectivity index (χ4n) is 5.77. The second-order valence-corrected chi connectivity index (χ2v) is 8.73. The maximum atomic E-state index is 12.8. The summed E-state index contributed by atoms with van der Waals surface area (Å²) in [5, 5.41) is 3.44. The summed E-state index contributed by atoms with van der Waals surface area (Å²) >= 11 is 0. The average molecular weight is 354 g/mol. The van der Waals surface area contributed by atoms with Crippen molar-refractivity contribution in [3.05, 3.63) is 42.0 Å². The monoisotopic (exact) mass is 353 g/mol. The first kappa shape index (κ1) is 17.6. The van der Waals surface area contributed by atoms with Crippen LogP contribution in [-0.2, 0) is 9.53 Å². The highest BCUT2D eigenvalue weighted by Crippen LogP contribution is 2.57. The first-order valence-corrected chi connectivity index (χ1v) is 10.4. The van der Waals surface area contributed by atoms with Crippen molar-refractivity contribution in [3.8, 4) is 0 Å². The van der Waals surface area contributed by atoms with Gasteiger partial charge in [-0.2, -0.15) is 0 Å². The number of hydrogen-bond acceptors (Lipinski definition) is 3. The molecule has 3 nitrogen and oxygen atoms in total. The molecular formula is C23H31NO2. The Labute approximate surface area is 157 Å². The van der Waals surface area contributed by atoms with Gasteiger partial charge in [-0.3, -0.25) is 0 Å². The lowest BCUT2D eigenvalue weighted by Gasteiger charge is -2.55. The van der Waals surface area contributed by atoms with Gasteiger partial charge in [0.15, 0.2) is 0 Å². The molecule has 1 aromatic carbocycles. The van der Waals surface area contributed by atoms with Crippen LogP contribution in [0.5, 0.6) is 0 Å². The van der Waals surface area contributed by atoms with Crippen LogP contribution in [0.1, 0.15) is 63.9 Å². The van der Waals surface area contributed by atoms with E-state index < -0.39 is 0 Å². The summed E-state index contributed by atoms with van der Waals surface area (Å²) < 4.78 is 6.15. The fraction of sp³-hybridized carbons (Fsp3) is 0.609. The topological polar surface area (TPSA) is 38.3 Å². The molecule has 0 aromatic heterocycles. The molecule has 1 N–H and O–H groups in total. The summed E-state index contributed by atoms with van der Waals surface area (Å²) in [5.41, 5.74) is 1.76. The minimum atomic E-state index is -0.173. The van der Waals surface area contributed by atoms with Gasteiger partial charge in [0.25, 0.3) is 0 Å². The van der Waals surface area contributed by atoms with Crippen LogP contribution < -0.4 is 5.32 Å². The summed E-state index contributed by atoms with van der Waals surface area (Å²) in [6, 6.07) is 10.1. The Kier molecular flexibility index (Phi) is 5.06. The van der Waals surface area contributed by atoms with Gasteiger partial charge < -0.3 is 10.1 Å². The first-order valence-electron chi connectivity index (χ1n) is 10.4. The van der Waals surface area contributed by atoms with Gasteiger partial charge in [-0.15, -0.1) is 0 Å². The number of unbranched alkanes of at least 4 members (excludes halogenated alkanes) is 1. The van der Waals surface area contributed by atoms with E-state index in [-0.39, 0.29) is 11.6 Å². The Bertz CT molecular complexity index is 629. The Hall–Kier alpha value is -1.77. The molecule has 1 aromatic rings. The van der Waals surface area contributed by atoms with Crippen LogP contribution in [0, 0.1) is 17.8 Å². The molecule has 140 valence electrons. The molecule has 5 rings (SSSR count). The van der Waals surface area contributed by atoms with Crippen molar-refractivity contribution in [2.75, 3.05) is 6.54 Å². The highest BCUT2D eigenvalue weighted by molar-refractivity contribution is 5.91. The van der Waals surface area contributed by atoms with Crippen molar-refractivity contribution in [2.45, 2.75) is 63.9 Å². The highest BCUT2D eigenvalue weighted by atomic mass is 16.6. The maximum absolute atomic E-state index is 12.8. The van der Waals surface area contributed by atoms with Crippen LogP contribution in [0.2, 0.25) is 0 Å². The first-order chi connectivity index (χ1) is 12.7. The van der Waals surface area contributed by atoms with Crippen LogP contribution in [-0.4, -0.2) is 18.1 Å². The molecule has 0 radical (unpaired) electrons. The lowest BCUT2D eigenvalue weighted by Crippen LogP contribution is -2.52. The quantitative estimate of drug-likeness (QED) is 0.429. The molecule has 0 atom stereocenters. The second kappa shape index (κ2) is 7.46. The maximum Gasteiger partial charge on any atom is 0.333 e. The van der Waals surface area contributed by atoms with Gasteiger partial charge in [-0.25, -0.2) is 4.79 Å². The second-order valence-electron chi connectivity index (χ2n) is 8.73. The molecule has 0 amide bonds. The van der Waals surface area contributed by atoms with Crippen molar-refractivity contribution < 1.29 is 9.53 Å². The third-order valence-corrected chi connectivity index (χ3v) is 6.49. The number of benzene rings is 1. The van der Waals surface area contributed by atoms with E-state index in [2.05, 4.69) is 12.2 Å². The summed E-state index contributed by atoms with van der Waals surface area (Å²) in [4.78, 5) is 12.8. The van der Waals surface area contributed by atoms with Gasteiger partial charge in [-0.05, 0) is 68.3 Å². The number of nitrogens with one attached hydrogen (secondary N) is 1. The van der Waals surface area contributed by atoms with Gasteiger partial charge in [-0.1, -0.05) is 43.7 Å². The molecule has 4 aliphatic carbocycles. The van der Waals surface area contributed by atoms with Gasteiger partial charge >= 0.3 is 5.97 Å². The average Bonchev–Trinajstić information content (AvgIpc) is 2.60. The molecule has 4 saturated carbocycles. The van der Waals surface area contributed by atoms with Crippen LogP contribution in [0.25, 0.3) is 5.70 Å². The van der Waals surface area contributed by atoms with Gasteiger partial charge in [0, 0.05) is 18.3 Å². The Morgan fingerprint density at radius 2 is 1.73 bits per heavy atom. The molecule has 26 heavy (non-hydrogen) atoms. The van der Waals surface area contributed by atoms with E-state index in [1.807, 2.05) is 30.3 Å². The normalized spacial score (nSPS) is 32.5. The van der Waals surface area contributed by atoms with Crippen molar-refractivity contribution in [1.29, 1.82) is 0 Å². The number of esters is 1. The minimum absolute atomic E-state index is 0.171. The minimum Gasteiger partial charge on any atom is -0.456 e. The summed E-state index contributed by atoms with van der Waals surface area (Å²) in [7, 11) is 0. The van der Waals surface area contributed by atoms with Crippen LogP contribution in [0.3, 0.4) is 0 Å². The highest BCUT2D eigenvalue weighted by Gasteiger charge is 2.53. The van der Waals surface area contributed by atoms with Crippen molar-refractivity contribution in [3.63, 3.8) is 0 Å². The third kappa shape index (κ3) is 3.82. The summed E-state index contributed by atoms with van der Waals surface area (Å²) in [6.45, 7) is 3.05. The number of carbonyl (C=O) groups is 1. The van der Waals surface area contributed by atoms with E-state index >= 15 is 0 Å². The van der Waals surface area contributed by atoms with E-state index in [1.54, 1.807) is 6.08 Å². The predicted octanol–water partition coefficient (Wildman–Crippen LogP) is 4.93. The van der Waals surface area contributed by atoms with E-state index in [4.69, 9.17) is 4.74 Å². The SMILES string of the molecule is CCCCN/C(=C\C(=O)OC12CC3CC(CC(C3)C1)C2)c1ccccc1. The largest absolute Gasteiger partial charge is 0.456 e. The van der Waals surface area contributed by atoms with E-state index in [1.165, 1.54) is 19.3 Å². The van der Waals surface area contributed by atoms with Gasteiger partial charge in [0.1, 0.15) is 5.60 Å². The molecule has 0 aliphatic heterocycles. The zero-order valence-electron chi connectivity index (χ0n) is 15.9. The number of ether oxygens (including phenoxy) is 1. The van der Waals surface area contributed by atoms with Crippen molar-refractivity contribution >= 4 is 11.7 Å². The predicted molar refractivity (Wildman–Crippen MR) is 104 cm³/mol. The Balaban J connectivity index is 1.48. The lowest BCUT2D eigenvalue weighted by molar-refractivity contribution is -0.181. The van der Waals surface area contributed by atoms with E-state index in [9.17, 15) is 4.79 Å². The van der Waals surface area contributed by atoms with E-state index in [0.717, 1.165) is 67.7 Å². The molecule has 0 heterocycles. The number of hydrogen-bond donors (Lipinski definition) is 1. The Morgan fingerprint density at radius 3 is 2.31 bits per heavy atom. The molecule has 0 spiro atoms. The Morgan fingerprint density at radius 1 is 1.12 bits per heavy atom. The summed E-state index contributed by atoms with van der Waals surface area (Å²) in [6.07, 6.45) is 11.2. The van der Waals surface area contributed by atoms with Gasteiger partial charge in [0.2, 0.25) is 0 Å². The zero-order chi connectivity index (χ0) is 18.0. The molecular weight excluding hydrogens is 322 g/mol. The van der Waals surface area contributed by atoms with Crippen LogP contribution in [0.4, 0.5) is 0 Å². The molecule has 3 heteroatoms. The molecule has 4 fully saturated rings. The van der Waals surface area contributed by atoms with Gasteiger partial charge in [0.05, 0.1) is 0 Å². The zero-order valence-corrected chi connectivity index (χ0v) is 15.9.